The molecule has 0 aliphatic carbocycles. The zero-order valence-electron chi connectivity index (χ0n) is 18.4. The highest BCUT2D eigenvalue weighted by Crippen LogP contribution is 2.66. The van der Waals surface area contributed by atoms with Gasteiger partial charge in [-0.15, -0.1) is 0 Å². The lowest BCUT2D eigenvalue weighted by Gasteiger charge is -2.63. The van der Waals surface area contributed by atoms with E-state index in [4.69, 9.17) is 0 Å². The maximum absolute atomic E-state index is 2.66. The second-order valence-electron chi connectivity index (χ2n) is 9.46. The molecule has 0 aromatic carbocycles. The van der Waals surface area contributed by atoms with Crippen molar-refractivity contribution in [1.82, 2.24) is 0 Å². The van der Waals surface area contributed by atoms with Gasteiger partial charge in [-0.3, -0.25) is 0 Å². The zero-order chi connectivity index (χ0) is 18.4. The first-order valence-electron chi connectivity index (χ1n) is 10.6. The molecule has 0 heteroatoms. The summed E-state index contributed by atoms with van der Waals surface area (Å²) >= 11 is 0. The summed E-state index contributed by atoms with van der Waals surface area (Å²) in [4.78, 5) is 0. The van der Waals surface area contributed by atoms with Crippen molar-refractivity contribution < 1.29 is 0 Å². The van der Waals surface area contributed by atoms with Crippen LogP contribution < -0.4 is 0 Å². The molecule has 0 aromatic heterocycles. The van der Waals surface area contributed by atoms with Crippen molar-refractivity contribution in [3.63, 3.8) is 0 Å². The molecule has 0 amide bonds. The summed E-state index contributed by atoms with van der Waals surface area (Å²) in [5.41, 5.74) is 1.62. The monoisotopic (exact) mass is 324 g/mol. The molecule has 0 aliphatic rings. The van der Waals surface area contributed by atoms with Crippen LogP contribution in [0.1, 0.15) is 127 Å². The van der Waals surface area contributed by atoms with E-state index in [1.54, 1.807) is 0 Å². The van der Waals surface area contributed by atoms with Gasteiger partial charge in [-0.25, -0.2) is 0 Å². The first-order chi connectivity index (χ1) is 10.6. The van der Waals surface area contributed by atoms with E-state index in [-0.39, 0.29) is 0 Å². The Bertz CT molecular complexity index is 329. The topological polar surface area (TPSA) is 0 Å². The molecule has 0 heterocycles. The summed E-state index contributed by atoms with van der Waals surface area (Å²) in [6.07, 6.45) is 11.9. The van der Waals surface area contributed by atoms with Gasteiger partial charge in [-0.2, -0.15) is 0 Å². The second-order valence-corrected chi connectivity index (χ2v) is 9.46. The van der Waals surface area contributed by atoms with Gasteiger partial charge < -0.3 is 0 Å². The maximum Gasteiger partial charge on any atom is -0.0213 e. The summed E-state index contributed by atoms with van der Waals surface area (Å²) < 4.78 is 0. The van der Waals surface area contributed by atoms with Gasteiger partial charge in [0.05, 0.1) is 0 Å². The molecule has 23 heavy (non-hydrogen) atoms. The summed E-state index contributed by atoms with van der Waals surface area (Å²) in [7, 11) is 0. The van der Waals surface area contributed by atoms with Crippen LogP contribution >= 0.6 is 0 Å². The Morgan fingerprint density at radius 2 is 0.870 bits per heavy atom. The van der Waals surface area contributed by atoms with E-state index in [0.717, 1.165) is 0 Å². The van der Waals surface area contributed by atoms with Gasteiger partial charge in [-0.05, 0) is 47.3 Å². The van der Waals surface area contributed by atoms with Gasteiger partial charge in [-0.1, -0.05) is 101 Å². The minimum atomic E-state index is 0.390. The van der Waals surface area contributed by atoms with Crippen LogP contribution in [0.3, 0.4) is 0 Å². The molecule has 140 valence electrons. The molecule has 0 rings (SSSR count). The maximum atomic E-state index is 2.66. The molecule has 0 bridgehead atoms. The lowest BCUT2D eigenvalue weighted by atomic mass is 9.41. The average Bonchev–Trinajstić information content (AvgIpc) is 2.47. The molecule has 0 aromatic rings. The Hall–Kier alpha value is 0. The quantitative estimate of drug-likeness (QED) is 0.337. The molecule has 0 nitrogen and oxygen atoms in total. The second kappa shape index (κ2) is 8.91. The van der Waals surface area contributed by atoms with Crippen molar-refractivity contribution >= 4 is 0 Å². The van der Waals surface area contributed by atoms with Crippen molar-refractivity contribution in [1.29, 1.82) is 0 Å². The van der Waals surface area contributed by atoms with Gasteiger partial charge in [0, 0.05) is 0 Å². The van der Waals surface area contributed by atoms with E-state index in [1.807, 2.05) is 0 Å². The molecule has 0 fully saturated rings. The van der Waals surface area contributed by atoms with Gasteiger partial charge in [0.1, 0.15) is 0 Å². The predicted octanol–water partition coefficient (Wildman–Crippen LogP) is 8.64. The summed E-state index contributed by atoms with van der Waals surface area (Å²) in [6, 6.07) is 0. The molecule has 0 spiro atoms. The first kappa shape index (κ1) is 23.0. The van der Waals surface area contributed by atoms with Gasteiger partial charge in [0.2, 0.25) is 0 Å². The molecule has 0 aliphatic heterocycles. The van der Waals surface area contributed by atoms with Crippen LogP contribution in [-0.4, -0.2) is 0 Å². The molecule has 0 saturated carbocycles. The third-order valence-corrected chi connectivity index (χ3v) is 8.00. The number of hydrogen-bond acceptors (Lipinski definition) is 0. The largest absolute Gasteiger partial charge is 0.0654 e. The normalized spacial score (nSPS) is 20.6. The highest BCUT2D eigenvalue weighted by Gasteiger charge is 2.58. The van der Waals surface area contributed by atoms with Crippen LogP contribution in [-0.2, 0) is 0 Å². The van der Waals surface area contributed by atoms with Crippen molar-refractivity contribution in [2.75, 3.05) is 0 Å². The molecular weight excluding hydrogens is 276 g/mol. The molecule has 0 saturated heterocycles. The summed E-state index contributed by atoms with van der Waals surface area (Å²) in [5.74, 6) is 0. The summed E-state index contributed by atoms with van der Waals surface area (Å²) in [5, 5.41) is 0. The fourth-order valence-corrected chi connectivity index (χ4v) is 5.90. The fraction of sp³-hybridized carbons (Fsp3) is 1.00. The van der Waals surface area contributed by atoms with E-state index in [9.17, 15) is 0 Å². The van der Waals surface area contributed by atoms with Crippen LogP contribution in [0, 0.1) is 21.7 Å². The highest BCUT2D eigenvalue weighted by molar-refractivity contribution is 5.07. The first-order valence-corrected chi connectivity index (χ1v) is 10.6. The molecule has 3 unspecified atom stereocenters. The number of rotatable bonds is 12. The van der Waals surface area contributed by atoms with Gasteiger partial charge >= 0.3 is 0 Å². The standard InChI is InChI=1S/C23H48/c1-11-16-20(6,7)22(9,18-13-3)23(10,19-14-4)21(8,15-5)17-12-2/h11-19H2,1-10H3. The third kappa shape index (κ3) is 4.16. The molecule has 3 atom stereocenters. The van der Waals surface area contributed by atoms with Crippen molar-refractivity contribution in [3.8, 4) is 0 Å². The van der Waals surface area contributed by atoms with Crippen LogP contribution in [0.15, 0.2) is 0 Å². The van der Waals surface area contributed by atoms with Crippen LogP contribution in [0.5, 0.6) is 0 Å². The Balaban J connectivity index is 6.27. The smallest absolute Gasteiger partial charge is 0.0213 e. The van der Waals surface area contributed by atoms with E-state index in [1.165, 1.54) is 57.8 Å². The molecular formula is C23H48. The van der Waals surface area contributed by atoms with Crippen LogP contribution in [0.4, 0.5) is 0 Å². The Morgan fingerprint density at radius 3 is 1.22 bits per heavy atom. The lowest BCUT2D eigenvalue weighted by molar-refractivity contribution is -0.144. The van der Waals surface area contributed by atoms with Crippen molar-refractivity contribution in [3.05, 3.63) is 0 Å². The Kier molecular flexibility index (Phi) is 8.91. The minimum Gasteiger partial charge on any atom is -0.0654 e. The number of hydrogen-bond donors (Lipinski definition) is 0. The third-order valence-electron chi connectivity index (χ3n) is 8.00. The van der Waals surface area contributed by atoms with E-state index >= 15 is 0 Å². The van der Waals surface area contributed by atoms with Crippen molar-refractivity contribution in [2.24, 2.45) is 21.7 Å². The molecule has 0 N–H and O–H groups in total. The van der Waals surface area contributed by atoms with Crippen molar-refractivity contribution in [2.45, 2.75) is 127 Å². The zero-order valence-corrected chi connectivity index (χ0v) is 18.4. The van der Waals surface area contributed by atoms with E-state index in [2.05, 4.69) is 69.2 Å². The lowest BCUT2D eigenvalue weighted by Crippen LogP contribution is -2.55. The summed E-state index contributed by atoms with van der Waals surface area (Å²) in [6.45, 7) is 24.9. The van der Waals surface area contributed by atoms with Gasteiger partial charge in [0.25, 0.3) is 0 Å². The van der Waals surface area contributed by atoms with E-state index in [0.29, 0.717) is 21.7 Å². The van der Waals surface area contributed by atoms with Crippen LogP contribution in [0.2, 0.25) is 0 Å². The minimum absolute atomic E-state index is 0.390. The molecule has 0 radical (unpaired) electrons. The predicted molar refractivity (Wildman–Crippen MR) is 108 cm³/mol. The Labute approximate surface area is 149 Å². The average molecular weight is 325 g/mol. The van der Waals surface area contributed by atoms with Gasteiger partial charge in [0.15, 0.2) is 0 Å². The van der Waals surface area contributed by atoms with E-state index < -0.39 is 0 Å². The Morgan fingerprint density at radius 1 is 0.478 bits per heavy atom. The fourth-order valence-electron chi connectivity index (χ4n) is 5.90. The highest BCUT2D eigenvalue weighted by atomic mass is 14.6. The SMILES string of the molecule is CCCC(C)(C)C(C)(CCC)C(C)(CCC)C(C)(CC)CCC. The van der Waals surface area contributed by atoms with Crippen LogP contribution in [0.25, 0.3) is 0 Å².